The van der Waals surface area contributed by atoms with E-state index in [-0.39, 0.29) is 23.4 Å². The number of likely N-dealkylation sites (tertiary alicyclic amines) is 1. The molecule has 0 radical (unpaired) electrons. The Morgan fingerprint density at radius 3 is 2.84 bits per heavy atom. The third-order valence-corrected chi connectivity index (χ3v) is 3.36. The highest BCUT2D eigenvalue weighted by Crippen LogP contribution is 2.21. The number of methoxy groups -OCH3 is 1. The molecule has 5 heteroatoms. The molecular weight excluding hydrogens is 249 g/mol. The number of carbonyl (C=O) groups excluding carboxylic acids is 2. The van der Waals surface area contributed by atoms with Gasteiger partial charge < -0.3 is 9.64 Å². The number of nitrogens with zero attached hydrogens (tertiary/aromatic N) is 1. The van der Waals surface area contributed by atoms with E-state index in [0.717, 1.165) is 0 Å². The van der Waals surface area contributed by atoms with Crippen LogP contribution in [0, 0.1) is 11.7 Å². The number of Topliss-reactive ketones (excluding diaryl/α,β-unsaturated/α-hetero) is 1. The Hall–Kier alpha value is -1.91. The number of amides is 1. The van der Waals surface area contributed by atoms with Crippen LogP contribution in [0.3, 0.4) is 0 Å². The van der Waals surface area contributed by atoms with Crippen molar-refractivity contribution in [2.45, 2.75) is 13.3 Å². The molecule has 1 amide bonds. The van der Waals surface area contributed by atoms with Gasteiger partial charge in [-0.15, -0.1) is 0 Å². The lowest BCUT2D eigenvalue weighted by Crippen LogP contribution is -2.43. The molecule has 0 bridgehead atoms. The molecule has 19 heavy (non-hydrogen) atoms. The quantitative estimate of drug-likeness (QED) is 0.820. The zero-order chi connectivity index (χ0) is 14.0. The Labute approximate surface area is 111 Å². The van der Waals surface area contributed by atoms with Crippen molar-refractivity contribution in [1.29, 1.82) is 0 Å². The van der Waals surface area contributed by atoms with Crippen molar-refractivity contribution in [2.75, 3.05) is 20.2 Å². The van der Waals surface area contributed by atoms with Gasteiger partial charge in [-0.3, -0.25) is 9.59 Å². The van der Waals surface area contributed by atoms with Crippen LogP contribution in [-0.4, -0.2) is 36.8 Å². The first kappa shape index (κ1) is 13.5. The topological polar surface area (TPSA) is 46.6 Å². The predicted molar refractivity (Wildman–Crippen MR) is 67.6 cm³/mol. The maximum atomic E-state index is 13.3. The Morgan fingerprint density at radius 1 is 1.47 bits per heavy atom. The van der Waals surface area contributed by atoms with Gasteiger partial charge in [0, 0.05) is 31.0 Å². The van der Waals surface area contributed by atoms with Gasteiger partial charge in [0.25, 0.3) is 5.91 Å². The highest BCUT2D eigenvalue weighted by atomic mass is 19.1. The molecule has 1 aliphatic heterocycles. The Morgan fingerprint density at radius 2 is 2.21 bits per heavy atom. The minimum absolute atomic E-state index is 0.0481. The van der Waals surface area contributed by atoms with Crippen molar-refractivity contribution in [3.63, 3.8) is 0 Å². The van der Waals surface area contributed by atoms with E-state index < -0.39 is 5.82 Å². The number of ether oxygens (including phenoxy) is 1. The smallest absolute Gasteiger partial charge is 0.254 e. The average molecular weight is 265 g/mol. The minimum Gasteiger partial charge on any atom is -0.494 e. The second-order valence-corrected chi connectivity index (χ2v) is 4.72. The zero-order valence-corrected chi connectivity index (χ0v) is 11.0. The van der Waals surface area contributed by atoms with E-state index in [2.05, 4.69) is 0 Å². The molecule has 0 aliphatic carbocycles. The van der Waals surface area contributed by atoms with Gasteiger partial charge in [0.05, 0.1) is 7.11 Å². The Balaban J connectivity index is 2.18. The van der Waals surface area contributed by atoms with Gasteiger partial charge in [0.2, 0.25) is 0 Å². The van der Waals surface area contributed by atoms with E-state index in [1.54, 1.807) is 4.90 Å². The number of carbonyl (C=O) groups is 2. The summed E-state index contributed by atoms with van der Waals surface area (Å²) < 4.78 is 18.2. The number of piperidine rings is 1. The van der Waals surface area contributed by atoms with E-state index in [9.17, 15) is 14.0 Å². The third kappa shape index (κ3) is 2.75. The van der Waals surface area contributed by atoms with Crippen molar-refractivity contribution in [3.05, 3.63) is 29.6 Å². The summed E-state index contributed by atoms with van der Waals surface area (Å²) in [6, 6.07) is 4.03. The van der Waals surface area contributed by atoms with Crippen molar-refractivity contribution in [3.8, 4) is 5.75 Å². The lowest BCUT2D eigenvalue weighted by Gasteiger charge is -2.30. The zero-order valence-electron chi connectivity index (χ0n) is 11.0. The Kier molecular flexibility index (Phi) is 3.83. The molecule has 1 fully saturated rings. The molecule has 0 aromatic heterocycles. The number of hydrogen-bond donors (Lipinski definition) is 0. The van der Waals surface area contributed by atoms with Crippen LogP contribution in [0.15, 0.2) is 18.2 Å². The maximum absolute atomic E-state index is 13.3. The van der Waals surface area contributed by atoms with Crippen molar-refractivity contribution in [2.24, 2.45) is 5.92 Å². The van der Waals surface area contributed by atoms with Crippen molar-refractivity contribution < 1.29 is 18.7 Å². The SMILES string of the molecule is COc1cc(C(=O)N2CCC(=O)C(C)C2)ccc1F. The number of ketones is 1. The fourth-order valence-electron chi connectivity index (χ4n) is 2.18. The van der Waals surface area contributed by atoms with Crippen LogP contribution in [0.1, 0.15) is 23.7 Å². The lowest BCUT2D eigenvalue weighted by molar-refractivity contribution is -0.124. The van der Waals surface area contributed by atoms with Crippen LogP contribution in [-0.2, 0) is 4.79 Å². The van der Waals surface area contributed by atoms with Gasteiger partial charge in [0.15, 0.2) is 11.6 Å². The summed E-state index contributed by atoms with van der Waals surface area (Å²) in [6.07, 6.45) is 0.380. The summed E-state index contributed by atoms with van der Waals surface area (Å²) in [4.78, 5) is 25.3. The van der Waals surface area contributed by atoms with E-state index in [0.29, 0.717) is 25.1 Å². The summed E-state index contributed by atoms with van der Waals surface area (Å²) >= 11 is 0. The summed E-state index contributed by atoms with van der Waals surface area (Å²) in [5, 5.41) is 0. The first-order valence-electron chi connectivity index (χ1n) is 6.18. The number of hydrogen-bond acceptors (Lipinski definition) is 3. The molecule has 0 spiro atoms. The highest BCUT2D eigenvalue weighted by Gasteiger charge is 2.27. The molecule has 0 N–H and O–H groups in total. The van der Waals surface area contributed by atoms with E-state index in [4.69, 9.17) is 4.74 Å². The molecular formula is C14H16FNO3. The molecule has 1 saturated heterocycles. The summed E-state index contributed by atoms with van der Waals surface area (Å²) in [7, 11) is 1.36. The van der Waals surface area contributed by atoms with Gasteiger partial charge >= 0.3 is 0 Å². The van der Waals surface area contributed by atoms with Crippen LogP contribution in [0.5, 0.6) is 5.75 Å². The molecule has 1 aliphatic rings. The first-order chi connectivity index (χ1) is 9.02. The largest absolute Gasteiger partial charge is 0.494 e. The van der Waals surface area contributed by atoms with Gasteiger partial charge in [-0.2, -0.15) is 0 Å². The summed E-state index contributed by atoms with van der Waals surface area (Å²) in [6.45, 7) is 2.64. The normalized spacial score (nSPS) is 19.4. The average Bonchev–Trinajstić information content (AvgIpc) is 2.41. The van der Waals surface area contributed by atoms with Gasteiger partial charge in [-0.05, 0) is 18.2 Å². The number of rotatable bonds is 2. The lowest BCUT2D eigenvalue weighted by atomic mass is 9.98. The molecule has 1 atom stereocenters. The van der Waals surface area contributed by atoms with Crippen LogP contribution >= 0.6 is 0 Å². The summed E-state index contributed by atoms with van der Waals surface area (Å²) in [5.41, 5.74) is 0.375. The van der Waals surface area contributed by atoms with Crippen LogP contribution in [0.2, 0.25) is 0 Å². The Bertz CT molecular complexity index is 515. The minimum atomic E-state index is -0.499. The maximum Gasteiger partial charge on any atom is 0.254 e. The van der Waals surface area contributed by atoms with Crippen molar-refractivity contribution >= 4 is 11.7 Å². The second kappa shape index (κ2) is 5.38. The molecule has 1 aromatic carbocycles. The van der Waals surface area contributed by atoms with E-state index >= 15 is 0 Å². The fourth-order valence-corrected chi connectivity index (χ4v) is 2.18. The van der Waals surface area contributed by atoms with Gasteiger partial charge in [-0.25, -0.2) is 4.39 Å². The monoisotopic (exact) mass is 265 g/mol. The summed E-state index contributed by atoms with van der Waals surface area (Å²) in [5.74, 6) is -0.605. The van der Waals surface area contributed by atoms with Crippen LogP contribution in [0.25, 0.3) is 0 Å². The van der Waals surface area contributed by atoms with E-state index in [1.807, 2.05) is 6.92 Å². The van der Waals surface area contributed by atoms with Gasteiger partial charge in [-0.1, -0.05) is 6.92 Å². The van der Waals surface area contributed by atoms with Crippen LogP contribution in [0.4, 0.5) is 4.39 Å². The predicted octanol–water partition coefficient (Wildman–Crippen LogP) is 1.89. The molecule has 2 rings (SSSR count). The molecule has 1 aromatic rings. The fraction of sp³-hybridized carbons (Fsp3) is 0.429. The standard InChI is InChI=1S/C14H16FNO3/c1-9-8-16(6-5-12(9)17)14(18)10-3-4-11(15)13(7-10)19-2/h3-4,7,9H,5-6,8H2,1-2H3. The third-order valence-electron chi connectivity index (χ3n) is 3.36. The number of halogens is 1. The second-order valence-electron chi connectivity index (χ2n) is 4.72. The van der Waals surface area contributed by atoms with E-state index in [1.165, 1.54) is 25.3 Å². The molecule has 4 nitrogen and oxygen atoms in total. The highest BCUT2D eigenvalue weighted by molar-refractivity contribution is 5.96. The number of benzene rings is 1. The van der Waals surface area contributed by atoms with Gasteiger partial charge in [0.1, 0.15) is 5.78 Å². The molecule has 1 unspecified atom stereocenters. The molecule has 0 saturated carbocycles. The van der Waals surface area contributed by atoms with Crippen molar-refractivity contribution in [1.82, 2.24) is 4.90 Å². The van der Waals surface area contributed by atoms with Crippen LogP contribution < -0.4 is 4.74 Å². The molecule has 1 heterocycles. The molecule has 102 valence electrons. The first-order valence-corrected chi connectivity index (χ1v) is 6.18.